The molecule has 0 spiro atoms. The molecule has 1 fully saturated rings. The first-order valence-electron chi connectivity index (χ1n) is 9.68. The molecule has 0 unspecified atom stereocenters. The van der Waals surface area contributed by atoms with Crippen LogP contribution in [0, 0.1) is 0 Å². The Morgan fingerprint density at radius 3 is 1.85 bits per heavy atom. The molecule has 2 aliphatic rings. The average Bonchev–Trinajstić information content (AvgIpc) is 2.73. The van der Waals surface area contributed by atoms with Crippen molar-refractivity contribution >= 4 is 10.9 Å². The molecule has 3 heteroatoms. The molecule has 136 valence electrons. The monoisotopic (exact) mass is 375 g/mol. The van der Waals surface area contributed by atoms with Crippen LogP contribution in [0.1, 0.15) is 37.7 Å². The Morgan fingerprint density at radius 1 is 0.704 bits per heavy atom. The van der Waals surface area contributed by atoms with Crippen LogP contribution in [0.5, 0.6) is 11.5 Å². The van der Waals surface area contributed by atoms with Crippen LogP contribution in [0.3, 0.4) is 0 Å². The summed E-state index contributed by atoms with van der Waals surface area (Å²) < 4.78 is 6.13. The maximum Gasteiger partial charge on any atom is 0.209 e. The number of fused-ring (bicyclic) bond motifs is 2. The molecule has 1 N–H and O–H groups in total. The van der Waals surface area contributed by atoms with E-state index in [4.69, 9.17) is 4.74 Å². The summed E-state index contributed by atoms with van der Waals surface area (Å²) in [6, 6.07) is 25.3. The summed E-state index contributed by atoms with van der Waals surface area (Å²) in [4.78, 5) is 3.71. The lowest BCUT2D eigenvalue weighted by atomic mass is 9.80. The molecule has 1 saturated carbocycles. The van der Waals surface area contributed by atoms with Gasteiger partial charge >= 0.3 is 0 Å². The molecule has 3 aromatic carbocycles. The summed E-state index contributed by atoms with van der Waals surface area (Å²) in [5.41, 5.74) is 0.412. The second-order valence-electron chi connectivity index (χ2n) is 7.42. The van der Waals surface area contributed by atoms with Crippen LogP contribution in [-0.4, -0.2) is 5.11 Å². The zero-order chi connectivity index (χ0) is 18.3. The van der Waals surface area contributed by atoms with Crippen molar-refractivity contribution in [3.8, 4) is 11.5 Å². The number of ether oxygens (including phenoxy) is 1. The van der Waals surface area contributed by atoms with Gasteiger partial charge in [0, 0.05) is 0 Å². The lowest BCUT2D eigenvalue weighted by molar-refractivity contribution is -0.000669. The van der Waals surface area contributed by atoms with E-state index in [0.717, 1.165) is 42.7 Å². The summed E-state index contributed by atoms with van der Waals surface area (Å²) in [5.74, 6) is 1.88. The Kier molecular flexibility index (Phi) is 4.22. The number of hydrogen-bond acceptors (Lipinski definition) is 2. The van der Waals surface area contributed by atoms with Crippen LogP contribution >= 0.6 is 0 Å². The van der Waals surface area contributed by atoms with Crippen molar-refractivity contribution < 1.29 is 9.84 Å². The van der Waals surface area contributed by atoms with Gasteiger partial charge in [-0.15, -0.1) is 0 Å². The van der Waals surface area contributed by atoms with Crippen molar-refractivity contribution in [2.75, 3.05) is 0 Å². The summed E-state index contributed by atoms with van der Waals surface area (Å²) in [7, 11) is -0.191. The van der Waals surface area contributed by atoms with Crippen molar-refractivity contribution in [2.24, 2.45) is 0 Å². The second-order valence-corrected chi connectivity index (χ2v) is 9.38. The fourth-order valence-electron chi connectivity index (χ4n) is 4.22. The van der Waals surface area contributed by atoms with Crippen LogP contribution in [0.2, 0.25) is 0 Å². The Labute approximate surface area is 163 Å². The third-order valence-corrected chi connectivity index (χ3v) is 7.96. The number of hydrogen-bond donors (Lipinski definition) is 1. The van der Waals surface area contributed by atoms with Gasteiger partial charge in [-0.3, -0.25) is 0 Å². The van der Waals surface area contributed by atoms with E-state index >= 15 is 0 Å². The first-order chi connectivity index (χ1) is 13.2. The number of para-hydroxylation sites is 2. The Hall–Kier alpha value is -2.23. The smallest absolute Gasteiger partial charge is 0.209 e. The summed E-state index contributed by atoms with van der Waals surface area (Å²) >= 11 is 0. The summed E-state index contributed by atoms with van der Waals surface area (Å²) in [6.07, 6.45) is 5.20. The third-order valence-electron chi connectivity index (χ3n) is 5.67. The van der Waals surface area contributed by atoms with Gasteiger partial charge in [-0.25, -0.2) is 0 Å². The average molecular weight is 376 g/mol. The lowest BCUT2D eigenvalue weighted by Crippen LogP contribution is -2.28. The van der Waals surface area contributed by atoms with E-state index in [-0.39, 0.29) is 10.9 Å². The van der Waals surface area contributed by atoms with E-state index in [1.807, 2.05) is 24.3 Å². The molecular formula is C24H23O2S+. The predicted octanol–water partition coefficient (Wildman–Crippen LogP) is 6.04. The van der Waals surface area contributed by atoms with Crippen LogP contribution in [0.4, 0.5) is 0 Å². The first-order valence-corrected chi connectivity index (χ1v) is 10.9. The largest absolute Gasteiger partial charge is 0.447 e. The molecule has 5 rings (SSSR count). The first kappa shape index (κ1) is 16.9. The Balaban J connectivity index is 1.57. The third kappa shape index (κ3) is 2.95. The lowest BCUT2D eigenvalue weighted by Gasteiger charge is -2.32. The van der Waals surface area contributed by atoms with Gasteiger partial charge in [0.2, 0.25) is 9.79 Å². The minimum Gasteiger partial charge on any atom is -0.447 e. The highest BCUT2D eigenvalue weighted by atomic mass is 32.2. The molecule has 0 saturated heterocycles. The maximum absolute atomic E-state index is 11.0. The van der Waals surface area contributed by atoms with E-state index in [0.29, 0.717) is 0 Å². The molecule has 1 aliphatic carbocycles. The highest BCUT2D eigenvalue weighted by Gasteiger charge is 2.39. The molecule has 0 bridgehead atoms. The van der Waals surface area contributed by atoms with Crippen molar-refractivity contribution in [3.63, 3.8) is 0 Å². The fourth-order valence-corrected chi connectivity index (χ4v) is 6.43. The summed E-state index contributed by atoms with van der Waals surface area (Å²) in [5, 5.41) is 11.0. The fraction of sp³-hybridized carbons (Fsp3) is 0.250. The van der Waals surface area contributed by atoms with Gasteiger partial charge in [-0.2, -0.15) is 0 Å². The van der Waals surface area contributed by atoms with Gasteiger partial charge < -0.3 is 9.84 Å². The molecule has 1 aliphatic heterocycles. The molecular weight excluding hydrogens is 352 g/mol. The van der Waals surface area contributed by atoms with E-state index in [2.05, 4.69) is 48.5 Å². The molecule has 0 amide bonds. The van der Waals surface area contributed by atoms with Crippen LogP contribution in [0.15, 0.2) is 87.5 Å². The van der Waals surface area contributed by atoms with Crippen LogP contribution in [0.25, 0.3) is 0 Å². The quantitative estimate of drug-likeness (QED) is 0.433. The molecule has 2 nitrogen and oxygen atoms in total. The van der Waals surface area contributed by atoms with E-state index < -0.39 is 5.60 Å². The van der Waals surface area contributed by atoms with Gasteiger partial charge in [-0.1, -0.05) is 55.7 Å². The topological polar surface area (TPSA) is 29.5 Å². The van der Waals surface area contributed by atoms with Gasteiger partial charge in [0.1, 0.15) is 10.9 Å². The summed E-state index contributed by atoms with van der Waals surface area (Å²) in [6.45, 7) is 0. The van der Waals surface area contributed by atoms with Crippen LogP contribution in [-0.2, 0) is 16.5 Å². The number of aliphatic hydroxyl groups is 1. The predicted molar refractivity (Wildman–Crippen MR) is 109 cm³/mol. The highest BCUT2D eigenvalue weighted by molar-refractivity contribution is 7.97. The molecule has 0 atom stereocenters. The molecule has 1 heterocycles. The Morgan fingerprint density at radius 2 is 1.26 bits per heavy atom. The normalized spacial score (nSPS) is 18.3. The van der Waals surface area contributed by atoms with Crippen molar-refractivity contribution in [2.45, 2.75) is 52.4 Å². The Bertz CT molecular complexity index is 913. The van der Waals surface area contributed by atoms with E-state index in [9.17, 15) is 5.11 Å². The van der Waals surface area contributed by atoms with Crippen LogP contribution < -0.4 is 4.74 Å². The van der Waals surface area contributed by atoms with Gasteiger partial charge in [-0.05, 0) is 54.8 Å². The van der Waals surface area contributed by atoms with Gasteiger partial charge in [0.15, 0.2) is 16.4 Å². The van der Waals surface area contributed by atoms with Gasteiger partial charge in [0.05, 0.1) is 5.60 Å². The van der Waals surface area contributed by atoms with E-state index in [1.54, 1.807) is 0 Å². The zero-order valence-electron chi connectivity index (χ0n) is 15.2. The zero-order valence-corrected chi connectivity index (χ0v) is 16.0. The highest BCUT2D eigenvalue weighted by Crippen LogP contribution is 2.47. The molecule has 3 aromatic rings. The van der Waals surface area contributed by atoms with E-state index in [1.165, 1.54) is 21.1 Å². The second kappa shape index (κ2) is 6.74. The van der Waals surface area contributed by atoms with Crippen molar-refractivity contribution in [1.29, 1.82) is 0 Å². The van der Waals surface area contributed by atoms with Crippen molar-refractivity contribution in [1.82, 2.24) is 0 Å². The van der Waals surface area contributed by atoms with Crippen molar-refractivity contribution in [3.05, 3.63) is 78.4 Å². The number of rotatable bonds is 2. The standard InChI is InChI=1S/C24H23O2S/c25-24(16-6-1-7-17-24)18-12-14-19(15-13-18)27-22-10-4-2-8-20(22)26-21-9-3-5-11-23(21)27/h2-5,8-15,25H,1,6-7,16-17H2/q+1. The molecule has 27 heavy (non-hydrogen) atoms. The molecule has 0 radical (unpaired) electrons. The SMILES string of the molecule is OC1(c2ccc([S+]3c4ccccc4Oc4ccccc43)cc2)CCCCC1. The maximum atomic E-state index is 11.0. The number of benzene rings is 3. The van der Waals surface area contributed by atoms with Gasteiger partial charge in [0.25, 0.3) is 0 Å². The minimum absolute atomic E-state index is 0.191. The molecule has 0 aromatic heterocycles. The minimum atomic E-state index is -0.647.